The Morgan fingerprint density at radius 1 is 1.20 bits per heavy atom. The van der Waals surface area contributed by atoms with Gasteiger partial charge >= 0.3 is 0 Å². The van der Waals surface area contributed by atoms with E-state index in [4.69, 9.17) is 0 Å². The number of rotatable bonds is 2. The molecular weight excluding hydrogens is 270 g/mol. The number of pyridine rings is 1. The number of hydrogen-bond acceptors (Lipinski definition) is 3. The minimum atomic E-state index is 0. The maximum absolute atomic E-state index is 4.37. The summed E-state index contributed by atoms with van der Waals surface area (Å²) in [6, 6.07) is 11.9. The molecule has 3 nitrogen and oxygen atoms in total. The van der Waals surface area contributed by atoms with Crippen molar-refractivity contribution in [1.29, 1.82) is 0 Å². The van der Waals surface area contributed by atoms with Crippen LogP contribution >= 0.6 is 12.4 Å². The molecular formula is C16H22ClN3. The molecule has 2 heterocycles. The first-order valence-electron chi connectivity index (χ1n) is 7.03. The molecule has 0 saturated carbocycles. The summed E-state index contributed by atoms with van der Waals surface area (Å²) in [5, 5.41) is 4.81. The van der Waals surface area contributed by atoms with Crippen LogP contribution in [0.1, 0.15) is 19.4 Å². The highest BCUT2D eigenvalue weighted by molar-refractivity contribution is 5.85. The van der Waals surface area contributed by atoms with E-state index in [1.807, 2.05) is 12.3 Å². The average molecular weight is 292 g/mol. The van der Waals surface area contributed by atoms with Gasteiger partial charge in [0.1, 0.15) is 0 Å². The van der Waals surface area contributed by atoms with Crippen molar-refractivity contribution in [2.75, 3.05) is 13.1 Å². The largest absolute Gasteiger partial charge is 0.309 e. The Labute approximate surface area is 126 Å². The summed E-state index contributed by atoms with van der Waals surface area (Å²) < 4.78 is 0. The molecule has 1 aromatic heterocycles. The number of benzene rings is 1. The van der Waals surface area contributed by atoms with Gasteiger partial charge in [-0.05, 0) is 37.6 Å². The molecule has 0 bridgehead atoms. The van der Waals surface area contributed by atoms with Gasteiger partial charge in [0.25, 0.3) is 0 Å². The smallest absolute Gasteiger partial charge is 0.0702 e. The van der Waals surface area contributed by atoms with E-state index < -0.39 is 0 Å². The molecule has 0 amide bonds. The molecule has 4 heteroatoms. The Balaban J connectivity index is 0.00000147. The first kappa shape index (κ1) is 15.2. The third-order valence-electron chi connectivity index (χ3n) is 3.71. The molecule has 1 aliphatic rings. The zero-order valence-electron chi connectivity index (χ0n) is 12.0. The summed E-state index contributed by atoms with van der Waals surface area (Å²) >= 11 is 0. The summed E-state index contributed by atoms with van der Waals surface area (Å²) in [6.07, 6.45) is 1.85. The van der Waals surface area contributed by atoms with Crippen molar-refractivity contribution in [3.63, 3.8) is 0 Å². The molecule has 2 aromatic rings. The Morgan fingerprint density at radius 2 is 1.95 bits per heavy atom. The molecule has 1 fully saturated rings. The lowest BCUT2D eigenvalue weighted by molar-refractivity contribution is 0.166. The standard InChI is InChI=1S/C16H21N3.ClH/c1-12-9-19(10-13(2)18-12)11-14-5-6-16-15(8-14)4-3-7-17-16;/h3-8,12-13,18H,9-11H2,1-2H3;1H. The third kappa shape index (κ3) is 3.48. The monoisotopic (exact) mass is 291 g/mol. The highest BCUT2D eigenvalue weighted by Gasteiger charge is 2.20. The van der Waals surface area contributed by atoms with Gasteiger partial charge in [-0.3, -0.25) is 9.88 Å². The zero-order chi connectivity index (χ0) is 13.2. The number of piperazine rings is 1. The maximum Gasteiger partial charge on any atom is 0.0702 e. The quantitative estimate of drug-likeness (QED) is 0.922. The fourth-order valence-corrected chi connectivity index (χ4v) is 3.05. The van der Waals surface area contributed by atoms with Crippen LogP contribution in [0.5, 0.6) is 0 Å². The highest BCUT2D eigenvalue weighted by atomic mass is 35.5. The molecule has 1 saturated heterocycles. The molecule has 2 unspecified atom stereocenters. The van der Waals surface area contributed by atoms with Crippen LogP contribution in [0, 0.1) is 0 Å². The molecule has 0 spiro atoms. The molecule has 1 N–H and O–H groups in total. The second-order valence-corrected chi connectivity index (χ2v) is 5.69. The Kier molecular flexibility index (Phi) is 4.97. The van der Waals surface area contributed by atoms with Gasteiger partial charge in [0.2, 0.25) is 0 Å². The summed E-state index contributed by atoms with van der Waals surface area (Å²) in [5.74, 6) is 0. The molecule has 20 heavy (non-hydrogen) atoms. The Hall–Kier alpha value is -1.16. The number of nitrogens with one attached hydrogen (secondary N) is 1. The van der Waals surface area contributed by atoms with E-state index in [1.54, 1.807) is 0 Å². The first-order valence-corrected chi connectivity index (χ1v) is 7.03. The predicted molar refractivity (Wildman–Crippen MR) is 86.3 cm³/mol. The Bertz CT molecular complexity index is 562. The third-order valence-corrected chi connectivity index (χ3v) is 3.71. The van der Waals surface area contributed by atoms with Crippen molar-refractivity contribution < 1.29 is 0 Å². The van der Waals surface area contributed by atoms with Crippen LogP contribution < -0.4 is 5.32 Å². The van der Waals surface area contributed by atoms with Crippen LogP contribution in [-0.2, 0) is 6.54 Å². The second-order valence-electron chi connectivity index (χ2n) is 5.69. The first-order chi connectivity index (χ1) is 9.20. The van der Waals surface area contributed by atoms with Crippen molar-refractivity contribution in [3.05, 3.63) is 42.1 Å². The molecule has 0 aliphatic carbocycles. The fraction of sp³-hybridized carbons (Fsp3) is 0.438. The number of hydrogen-bond donors (Lipinski definition) is 1. The molecule has 108 valence electrons. The minimum Gasteiger partial charge on any atom is -0.309 e. The van der Waals surface area contributed by atoms with Gasteiger partial charge in [-0.1, -0.05) is 12.1 Å². The normalized spacial score (nSPS) is 23.5. The van der Waals surface area contributed by atoms with Crippen LogP contribution in [0.25, 0.3) is 10.9 Å². The van der Waals surface area contributed by atoms with Crippen LogP contribution in [0.2, 0.25) is 0 Å². The van der Waals surface area contributed by atoms with Gasteiger partial charge in [-0.25, -0.2) is 0 Å². The summed E-state index contributed by atoms with van der Waals surface area (Å²) in [7, 11) is 0. The van der Waals surface area contributed by atoms with E-state index in [-0.39, 0.29) is 12.4 Å². The SMILES string of the molecule is CC1CN(Cc2ccc3ncccc3c2)CC(C)N1.Cl. The van der Waals surface area contributed by atoms with Crippen molar-refractivity contribution in [3.8, 4) is 0 Å². The average Bonchev–Trinajstić information content (AvgIpc) is 2.37. The lowest BCUT2D eigenvalue weighted by Crippen LogP contribution is -2.53. The van der Waals surface area contributed by atoms with E-state index in [2.05, 4.69) is 53.3 Å². The van der Waals surface area contributed by atoms with Gasteiger partial charge in [0.05, 0.1) is 5.52 Å². The van der Waals surface area contributed by atoms with Gasteiger partial charge in [-0.15, -0.1) is 12.4 Å². The van der Waals surface area contributed by atoms with E-state index in [0.717, 1.165) is 25.2 Å². The molecule has 0 radical (unpaired) electrons. The molecule has 3 rings (SSSR count). The highest BCUT2D eigenvalue weighted by Crippen LogP contribution is 2.16. The summed E-state index contributed by atoms with van der Waals surface area (Å²) in [4.78, 5) is 6.90. The molecule has 1 aromatic carbocycles. The van der Waals surface area contributed by atoms with Crippen molar-refractivity contribution in [2.24, 2.45) is 0 Å². The maximum atomic E-state index is 4.37. The number of fused-ring (bicyclic) bond motifs is 1. The number of nitrogens with zero attached hydrogens (tertiary/aromatic N) is 2. The van der Waals surface area contributed by atoms with Crippen LogP contribution in [-0.4, -0.2) is 35.1 Å². The molecule has 1 aliphatic heterocycles. The van der Waals surface area contributed by atoms with Gasteiger partial charge in [-0.2, -0.15) is 0 Å². The second kappa shape index (κ2) is 6.53. The van der Waals surface area contributed by atoms with Crippen LogP contribution in [0.4, 0.5) is 0 Å². The van der Waals surface area contributed by atoms with Gasteiger partial charge in [0, 0.05) is 43.3 Å². The minimum absolute atomic E-state index is 0. The van der Waals surface area contributed by atoms with E-state index >= 15 is 0 Å². The van der Waals surface area contributed by atoms with E-state index in [0.29, 0.717) is 12.1 Å². The van der Waals surface area contributed by atoms with Crippen LogP contribution in [0.15, 0.2) is 36.5 Å². The summed E-state index contributed by atoms with van der Waals surface area (Å²) in [5.41, 5.74) is 2.45. The van der Waals surface area contributed by atoms with Crippen LogP contribution in [0.3, 0.4) is 0 Å². The van der Waals surface area contributed by atoms with Gasteiger partial charge < -0.3 is 5.32 Å². The van der Waals surface area contributed by atoms with Crippen molar-refractivity contribution in [1.82, 2.24) is 15.2 Å². The van der Waals surface area contributed by atoms with E-state index in [9.17, 15) is 0 Å². The van der Waals surface area contributed by atoms with Crippen molar-refractivity contribution in [2.45, 2.75) is 32.5 Å². The summed E-state index contributed by atoms with van der Waals surface area (Å²) in [6.45, 7) is 7.78. The molecule has 2 atom stereocenters. The lowest BCUT2D eigenvalue weighted by Gasteiger charge is -2.36. The Morgan fingerprint density at radius 3 is 2.70 bits per heavy atom. The number of aromatic nitrogens is 1. The van der Waals surface area contributed by atoms with Crippen molar-refractivity contribution >= 4 is 23.3 Å². The number of halogens is 1. The zero-order valence-corrected chi connectivity index (χ0v) is 12.9. The topological polar surface area (TPSA) is 28.2 Å². The lowest BCUT2D eigenvalue weighted by atomic mass is 10.1. The fourth-order valence-electron chi connectivity index (χ4n) is 3.05. The predicted octanol–water partition coefficient (Wildman–Crippen LogP) is 2.84. The van der Waals surface area contributed by atoms with E-state index in [1.165, 1.54) is 10.9 Å². The van der Waals surface area contributed by atoms with Gasteiger partial charge in [0.15, 0.2) is 0 Å².